The average molecular weight is 248 g/mol. The largest absolute Gasteiger partial charge is 0.342 e. The van der Waals surface area contributed by atoms with E-state index in [0.29, 0.717) is 11.4 Å². The molecule has 3 nitrogen and oxygen atoms in total. The van der Waals surface area contributed by atoms with Gasteiger partial charge in [-0.1, -0.05) is 54.6 Å². The van der Waals surface area contributed by atoms with Crippen molar-refractivity contribution in [2.24, 2.45) is 0 Å². The van der Waals surface area contributed by atoms with Crippen molar-refractivity contribution in [1.29, 1.82) is 0 Å². The lowest BCUT2D eigenvalue weighted by molar-refractivity contribution is 0.103. The van der Waals surface area contributed by atoms with E-state index >= 15 is 0 Å². The first-order chi connectivity index (χ1) is 9.34. The molecule has 3 aromatic rings. The van der Waals surface area contributed by atoms with Crippen molar-refractivity contribution in [1.82, 2.24) is 9.97 Å². The summed E-state index contributed by atoms with van der Waals surface area (Å²) in [4.78, 5) is 18.9. The predicted octanol–water partition coefficient (Wildman–Crippen LogP) is 3.31. The van der Waals surface area contributed by atoms with E-state index in [-0.39, 0.29) is 5.78 Å². The minimum atomic E-state index is -0.0930. The van der Waals surface area contributed by atoms with Gasteiger partial charge in [0.1, 0.15) is 0 Å². The zero-order valence-corrected chi connectivity index (χ0v) is 10.2. The summed E-state index contributed by atoms with van der Waals surface area (Å²) in [7, 11) is 0. The summed E-state index contributed by atoms with van der Waals surface area (Å²) >= 11 is 0. The van der Waals surface area contributed by atoms with E-state index in [1.54, 1.807) is 12.4 Å². The maximum atomic E-state index is 12.1. The van der Waals surface area contributed by atoms with Crippen molar-refractivity contribution in [2.45, 2.75) is 0 Å². The molecule has 0 amide bonds. The van der Waals surface area contributed by atoms with Crippen molar-refractivity contribution >= 4 is 5.78 Å². The molecule has 0 unspecified atom stereocenters. The highest BCUT2D eigenvalue weighted by atomic mass is 16.1. The van der Waals surface area contributed by atoms with Gasteiger partial charge in [0.2, 0.25) is 5.78 Å². The number of aromatic nitrogens is 2. The monoisotopic (exact) mass is 248 g/mol. The van der Waals surface area contributed by atoms with Gasteiger partial charge >= 0.3 is 0 Å². The topological polar surface area (TPSA) is 45.8 Å². The van der Waals surface area contributed by atoms with Crippen LogP contribution >= 0.6 is 0 Å². The molecule has 0 radical (unpaired) electrons. The lowest BCUT2D eigenvalue weighted by atomic mass is 10.0. The van der Waals surface area contributed by atoms with E-state index < -0.39 is 0 Å². The minimum absolute atomic E-state index is 0.0930. The Labute approximate surface area is 111 Å². The third-order valence-corrected chi connectivity index (χ3v) is 2.97. The minimum Gasteiger partial charge on any atom is -0.342 e. The molecule has 1 N–H and O–H groups in total. The van der Waals surface area contributed by atoms with Crippen LogP contribution in [-0.2, 0) is 0 Å². The normalized spacial score (nSPS) is 10.3. The molecular formula is C16H12N2O. The summed E-state index contributed by atoms with van der Waals surface area (Å²) in [6, 6.07) is 17.6. The predicted molar refractivity (Wildman–Crippen MR) is 73.9 cm³/mol. The van der Waals surface area contributed by atoms with Gasteiger partial charge in [0.05, 0.1) is 0 Å². The summed E-state index contributed by atoms with van der Waals surface area (Å²) in [5.74, 6) is 0.275. The van der Waals surface area contributed by atoms with Crippen molar-refractivity contribution in [3.63, 3.8) is 0 Å². The Bertz CT molecular complexity index is 671. The molecule has 0 aliphatic carbocycles. The van der Waals surface area contributed by atoms with Gasteiger partial charge in [0, 0.05) is 18.0 Å². The van der Waals surface area contributed by atoms with Crippen LogP contribution in [0.5, 0.6) is 0 Å². The fourth-order valence-electron chi connectivity index (χ4n) is 1.97. The number of benzene rings is 2. The van der Waals surface area contributed by atoms with Crippen LogP contribution in [0.3, 0.4) is 0 Å². The number of H-pyrrole nitrogens is 1. The molecule has 0 atom stereocenters. The maximum absolute atomic E-state index is 12.1. The highest BCUT2D eigenvalue weighted by Gasteiger charge is 2.10. The second kappa shape index (κ2) is 4.90. The van der Waals surface area contributed by atoms with Crippen LogP contribution in [-0.4, -0.2) is 15.8 Å². The summed E-state index contributed by atoms with van der Waals surface area (Å²) < 4.78 is 0. The zero-order chi connectivity index (χ0) is 13.1. The Balaban J connectivity index is 1.90. The molecule has 0 aliphatic heterocycles. The number of hydrogen-bond acceptors (Lipinski definition) is 2. The first-order valence-corrected chi connectivity index (χ1v) is 6.04. The van der Waals surface area contributed by atoms with Gasteiger partial charge in [-0.3, -0.25) is 4.79 Å². The van der Waals surface area contributed by atoms with Crippen LogP contribution in [0.1, 0.15) is 16.2 Å². The molecule has 0 spiro atoms. The molecule has 0 saturated heterocycles. The summed E-state index contributed by atoms with van der Waals surface area (Å²) in [5.41, 5.74) is 2.87. The van der Waals surface area contributed by atoms with Crippen LogP contribution in [0, 0.1) is 0 Å². The number of aromatic amines is 1. The standard InChI is InChI=1S/C16H12N2O/c19-15(16-17-10-11-18-16)14-8-6-13(7-9-14)12-4-2-1-3-5-12/h1-11H,(H,17,18). The van der Waals surface area contributed by atoms with Crippen LogP contribution in [0.2, 0.25) is 0 Å². The molecular weight excluding hydrogens is 236 g/mol. The van der Waals surface area contributed by atoms with E-state index in [4.69, 9.17) is 0 Å². The first kappa shape index (κ1) is 11.4. The third kappa shape index (κ3) is 2.31. The van der Waals surface area contributed by atoms with Gasteiger partial charge in [-0.05, 0) is 11.1 Å². The highest BCUT2D eigenvalue weighted by Crippen LogP contribution is 2.19. The van der Waals surface area contributed by atoms with Gasteiger partial charge < -0.3 is 4.98 Å². The third-order valence-electron chi connectivity index (χ3n) is 2.97. The molecule has 0 saturated carbocycles. The Morgan fingerprint density at radius 3 is 2.21 bits per heavy atom. The number of imidazole rings is 1. The molecule has 3 heteroatoms. The Morgan fingerprint density at radius 2 is 1.58 bits per heavy atom. The molecule has 3 rings (SSSR count). The molecule has 1 aromatic heterocycles. The molecule has 0 fully saturated rings. The molecule has 0 aliphatic rings. The quantitative estimate of drug-likeness (QED) is 0.723. The second-order valence-corrected chi connectivity index (χ2v) is 4.21. The summed E-state index contributed by atoms with van der Waals surface area (Å²) in [5, 5.41) is 0. The van der Waals surface area contributed by atoms with Crippen LogP contribution in [0.25, 0.3) is 11.1 Å². The van der Waals surface area contributed by atoms with E-state index in [0.717, 1.165) is 11.1 Å². The maximum Gasteiger partial charge on any atom is 0.228 e. The zero-order valence-electron chi connectivity index (χ0n) is 10.2. The summed E-state index contributed by atoms with van der Waals surface area (Å²) in [6.45, 7) is 0. The van der Waals surface area contributed by atoms with Gasteiger partial charge in [0.15, 0.2) is 5.82 Å². The lowest BCUT2D eigenvalue weighted by Gasteiger charge is -2.03. The molecule has 92 valence electrons. The van der Waals surface area contributed by atoms with Gasteiger partial charge in [-0.25, -0.2) is 4.98 Å². The number of hydrogen-bond donors (Lipinski definition) is 1. The number of carbonyl (C=O) groups is 1. The molecule has 1 heterocycles. The number of ketones is 1. The SMILES string of the molecule is O=C(c1ccc(-c2ccccc2)cc1)c1ncc[nH]1. The van der Waals surface area contributed by atoms with Gasteiger partial charge in [-0.15, -0.1) is 0 Å². The van der Waals surface area contributed by atoms with Gasteiger partial charge in [-0.2, -0.15) is 0 Å². The Morgan fingerprint density at radius 1 is 0.895 bits per heavy atom. The van der Waals surface area contributed by atoms with E-state index in [2.05, 4.69) is 9.97 Å². The van der Waals surface area contributed by atoms with Crippen molar-refractivity contribution in [2.75, 3.05) is 0 Å². The number of rotatable bonds is 3. The average Bonchev–Trinajstić information content (AvgIpc) is 3.02. The molecule has 19 heavy (non-hydrogen) atoms. The molecule has 0 bridgehead atoms. The first-order valence-electron chi connectivity index (χ1n) is 6.04. The van der Waals surface area contributed by atoms with E-state index in [1.807, 2.05) is 54.6 Å². The fourth-order valence-corrected chi connectivity index (χ4v) is 1.97. The fraction of sp³-hybridized carbons (Fsp3) is 0. The second-order valence-electron chi connectivity index (χ2n) is 4.21. The van der Waals surface area contributed by atoms with E-state index in [1.165, 1.54) is 0 Å². The van der Waals surface area contributed by atoms with Crippen LogP contribution in [0.15, 0.2) is 67.0 Å². The Hall–Kier alpha value is -2.68. The molecule has 2 aromatic carbocycles. The lowest BCUT2D eigenvalue weighted by Crippen LogP contribution is -2.03. The van der Waals surface area contributed by atoms with Crippen molar-refractivity contribution in [3.8, 4) is 11.1 Å². The van der Waals surface area contributed by atoms with Crippen LogP contribution < -0.4 is 0 Å². The van der Waals surface area contributed by atoms with E-state index in [9.17, 15) is 4.79 Å². The summed E-state index contributed by atoms with van der Waals surface area (Å²) in [6.07, 6.45) is 3.22. The van der Waals surface area contributed by atoms with Crippen molar-refractivity contribution < 1.29 is 4.79 Å². The number of carbonyl (C=O) groups excluding carboxylic acids is 1. The smallest absolute Gasteiger partial charge is 0.228 e. The highest BCUT2D eigenvalue weighted by molar-refractivity contribution is 6.06. The number of nitrogens with zero attached hydrogens (tertiary/aromatic N) is 1. The number of nitrogens with one attached hydrogen (secondary N) is 1. The Kier molecular flexibility index (Phi) is 2.94. The van der Waals surface area contributed by atoms with Crippen LogP contribution in [0.4, 0.5) is 0 Å². The van der Waals surface area contributed by atoms with Crippen molar-refractivity contribution in [3.05, 3.63) is 78.4 Å². The van der Waals surface area contributed by atoms with Gasteiger partial charge in [0.25, 0.3) is 0 Å².